The lowest BCUT2D eigenvalue weighted by molar-refractivity contribution is -0.117. The second kappa shape index (κ2) is 5.96. The van der Waals surface area contributed by atoms with E-state index in [4.69, 9.17) is 11.0 Å². The first-order valence-corrected chi connectivity index (χ1v) is 6.00. The van der Waals surface area contributed by atoms with Gasteiger partial charge < -0.3 is 16.4 Å². The van der Waals surface area contributed by atoms with Crippen LogP contribution in [0.2, 0.25) is 0 Å². The van der Waals surface area contributed by atoms with Gasteiger partial charge in [0.25, 0.3) is 5.91 Å². The molecule has 0 atom stereocenters. The number of nitrogens with two attached hydrogens (primary N) is 1. The Morgan fingerprint density at radius 2 is 2.15 bits per heavy atom. The van der Waals surface area contributed by atoms with E-state index in [1.54, 1.807) is 6.07 Å². The van der Waals surface area contributed by atoms with Crippen molar-refractivity contribution in [1.82, 2.24) is 5.32 Å². The number of anilines is 2. The summed E-state index contributed by atoms with van der Waals surface area (Å²) in [6.45, 7) is -1.38. The Hall–Kier alpha value is -2.02. The number of nitriles is 1. The van der Waals surface area contributed by atoms with E-state index in [0.717, 1.165) is 0 Å². The van der Waals surface area contributed by atoms with Crippen molar-refractivity contribution in [3.05, 3.63) is 10.4 Å². The Morgan fingerprint density at radius 1 is 1.55 bits per heavy atom. The highest BCUT2D eigenvalue weighted by Crippen LogP contribution is 2.36. The molecule has 20 heavy (non-hydrogen) atoms. The first kappa shape index (κ1) is 16.0. The number of rotatable bonds is 5. The summed E-state index contributed by atoms with van der Waals surface area (Å²) in [6, 6.07) is 1.69. The second-order valence-electron chi connectivity index (χ2n) is 3.66. The van der Waals surface area contributed by atoms with Crippen LogP contribution in [0.1, 0.15) is 15.2 Å². The lowest BCUT2D eigenvalue weighted by Gasteiger charge is -2.16. The highest BCUT2D eigenvalue weighted by Gasteiger charge is 2.40. The van der Waals surface area contributed by atoms with Gasteiger partial charge in [0.1, 0.15) is 15.9 Å². The Morgan fingerprint density at radius 3 is 2.60 bits per heavy atom. The van der Waals surface area contributed by atoms with Gasteiger partial charge in [-0.1, -0.05) is 0 Å². The first-order chi connectivity index (χ1) is 9.24. The van der Waals surface area contributed by atoms with Crippen LogP contribution in [0, 0.1) is 11.3 Å². The van der Waals surface area contributed by atoms with E-state index in [-0.39, 0.29) is 21.1 Å². The fourth-order valence-electron chi connectivity index (χ4n) is 1.28. The summed E-state index contributed by atoms with van der Waals surface area (Å²) in [5.74, 6) is -4.96. The quantitative estimate of drug-likeness (QED) is 0.724. The fraction of sp³-hybridized carbons (Fsp3) is 0.400. The number of nitrogens with zero attached hydrogens (tertiary/aromatic N) is 1. The fourth-order valence-corrected chi connectivity index (χ4v) is 2.19. The Kier molecular flexibility index (Phi) is 4.78. The molecule has 4 N–H and O–H groups in total. The van der Waals surface area contributed by atoms with Crippen LogP contribution in [-0.4, -0.2) is 31.8 Å². The summed E-state index contributed by atoms with van der Waals surface area (Å²) in [5.41, 5.74) is 5.15. The van der Waals surface area contributed by atoms with Gasteiger partial charge in [0.15, 0.2) is 0 Å². The van der Waals surface area contributed by atoms with Crippen LogP contribution in [-0.2, 0) is 0 Å². The Bertz CT molecular complexity index is 552. The van der Waals surface area contributed by atoms with Crippen molar-refractivity contribution in [2.75, 3.05) is 24.6 Å². The molecule has 0 fully saturated rings. The topological polar surface area (TPSA) is 90.9 Å². The van der Waals surface area contributed by atoms with Crippen LogP contribution < -0.4 is 16.4 Å². The SMILES string of the molecule is CNC(=O)c1c(NCC(F)(F)C(F)F)sc(C#N)c1N. The molecule has 0 aliphatic heterocycles. The largest absolute Gasteiger partial charge is 0.396 e. The minimum atomic E-state index is -4.26. The predicted molar refractivity (Wildman–Crippen MR) is 66.3 cm³/mol. The number of amides is 1. The Balaban J connectivity index is 3.07. The lowest BCUT2D eigenvalue weighted by atomic mass is 10.2. The van der Waals surface area contributed by atoms with Crippen molar-refractivity contribution < 1.29 is 22.4 Å². The standard InChI is InChI=1S/C10H10F4N4OS/c1-17-7(19)5-6(16)4(2-15)20-8(5)18-3-10(13,14)9(11)12/h9,18H,3,16H2,1H3,(H,17,19). The summed E-state index contributed by atoms with van der Waals surface area (Å²) in [4.78, 5) is 11.5. The minimum absolute atomic E-state index is 0.0635. The number of carbonyl (C=O) groups excluding carboxylic acids is 1. The van der Waals surface area contributed by atoms with E-state index >= 15 is 0 Å². The van der Waals surface area contributed by atoms with Crippen LogP contribution >= 0.6 is 11.3 Å². The number of alkyl halides is 4. The summed E-state index contributed by atoms with van der Waals surface area (Å²) in [7, 11) is 1.28. The molecule has 0 spiro atoms. The van der Waals surface area contributed by atoms with Crippen molar-refractivity contribution in [2.24, 2.45) is 0 Å². The zero-order valence-corrected chi connectivity index (χ0v) is 11.0. The molecule has 5 nitrogen and oxygen atoms in total. The predicted octanol–water partition coefficient (Wildman–Crippen LogP) is 1.87. The molecule has 0 aliphatic carbocycles. The van der Waals surface area contributed by atoms with Gasteiger partial charge in [-0.25, -0.2) is 8.78 Å². The van der Waals surface area contributed by atoms with Crippen molar-refractivity contribution in [2.45, 2.75) is 12.3 Å². The molecule has 0 aromatic carbocycles. The summed E-state index contributed by atoms with van der Waals surface area (Å²) in [5, 5.41) is 12.9. The van der Waals surface area contributed by atoms with Crippen LogP contribution in [0.25, 0.3) is 0 Å². The first-order valence-electron chi connectivity index (χ1n) is 5.18. The van der Waals surface area contributed by atoms with Gasteiger partial charge in [-0.3, -0.25) is 4.79 Å². The van der Waals surface area contributed by atoms with Gasteiger partial charge in [0.2, 0.25) is 0 Å². The normalized spacial score (nSPS) is 11.2. The highest BCUT2D eigenvalue weighted by atomic mass is 32.1. The molecule has 1 aromatic rings. The van der Waals surface area contributed by atoms with Crippen molar-refractivity contribution in [3.63, 3.8) is 0 Å². The summed E-state index contributed by atoms with van der Waals surface area (Å²) < 4.78 is 49.8. The molecule has 0 radical (unpaired) electrons. The number of hydrogen-bond acceptors (Lipinski definition) is 5. The van der Waals surface area contributed by atoms with E-state index in [0.29, 0.717) is 11.3 Å². The number of hydrogen-bond donors (Lipinski definition) is 3. The van der Waals surface area contributed by atoms with Crippen molar-refractivity contribution >= 4 is 27.9 Å². The number of halogens is 4. The molecule has 0 saturated heterocycles. The van der Waals surface area contributed by atoms with Crippen LogP contribution in [0.5, 0.6) is 0 Å². The van der Waals surface area contributed by atoms with Crippen LogP contribution in [0.4, 0.5) is 28.3 Å². The number of thiophene rings is 1. The molecule has 110 valence electrons. The number of nitrogen functional groups attached to an aromatic ring is 1. The molecular weight excluding hydrogens is 300 g/mol. The van der Waals surface area contributed by atoms with E-state index in [1.165, 1.54) is 7.05 Å². The molecule has 0 aliphatic rings. The van der Waals surface area contributed by atoms with Crippen LogP contribution in [0.15, 0.2) is 0 Å². The molecule has 0 bridgehead atoms. The lowest BCUT2D eigenvalue weighted by Crippen LogP contribution is -2.35. The molecule has 1 aromatic heterocycles. The Labute approximate surface area is 115 Å². The zero-order valence-electron chi connectivity index (χ0n) is 10.1. The van der Waals surface area contributed by atoms with Gasteiger partial charge in [-0.2, -0.15) is 14.0 Å². The maximum absolute atomic E-state index is 12.8. The van der Waals surface area contributed by atoms with Gasteiger partial charge in [-0.15, -0.1) is 11.3 Å². The maximum Gasteiger partial charge on any atom is 0.324 e. The van der Waals surface area contributed by atoms with Gasteiger partial charge >= 0.3 is 12.3 Å². The smallest absolute Gasteiger partial charge is 0.324 e. The monoisotopic (exact) mass is 310 g/mol. The van der Waals surface area contributed by atoms with Crippen molar-refractivity contribution in [3.8, 4) is 6.07 Å². The molecule has 0 unspecified atom stereocenters. The number of carbonyl (C=O) groups is 1. The third-order valence-electron chi connectivity index (χ3n) is 2.30. The average molecular weight is 310 g/mol. The maximum atomic E-state index is 12.8. The third kappa shape index (κ3) is 3.11. The minimum Gasteiger partial charge on any atom is -0.396 e. The van der Waals surface area contributed by atoms with Gasteiger partial charge in [-0.05, 0) is 0 Å². The van der Waals surface area contributed by atoms with E-state index < -0.39 is 24.8 Å². The molecule has 1 amide bonds. The van der Waals surface area contributed by atoms with E-state index in [2.05, 4.69) is 5.32 Å². The summed E-state index contributed by atoms with van der Waals surface area (Å²) >= 11 is 0.646. The molecule has 10 heteroatoms. The second-order valence-corrected chi connectivity index (χ2v) is 4.68. The molecular formula is C10H10F4N4OS. The third-order valence-corrected chi connectivity index (χ3v) is 3.37. The number of nitrogens with one attached hydrogen (secondary N) is 2. The van der Waals surface area contributed by atoms with Gasteiger partial charge in [0, 0.05) is 7.05 Å². The molecule has 0 saturated carbocycles. The molecule has 1 rings (SSSR count). The van der Waals surface area contributed by atoms with Gasteiger partial charge in [0.05, 0.1) is 17.8 Å². The van der Waals surface area contributed by atoms with Crippen molar-refractivity contribution in [1.29, 1.82) is 5.26 Å². The average Bonchev–Trinajstić information content (AvgIpc) is 2.71. The van der Waals surface area contributed by atoms with E-state index in [9.17, 15) is 22.4 Å². The van der Waals surface area contributed by atoms with Crippen LogP contribution in [0.3, 0.4) is 0 Å². The summed E-state index contributed by atoms with van der Waals surface area (Å²) in [6.07, 6.45) is -3.84. The molecule has 1 heterocycles. The highest BCUT2D eigenvalue weighted by molar-refractivity contribution is 7.17. The van der Waals surface area contributed by atoms with E-state index in [1.807, 2.05) is 5.32 Å². The zero-order chi connectivity index (χ0) is 15.5.